The minimum absolute atomic E-state index is 0.376. The first-order valence-electron chi connectivity index (χ1n) is 10.6. The van der Waals surface area contributed by atoms with Crippen molar-refractivity contribution in [3.63, 3.8) is 0 Å². The van der Waals surface area contributed by atoms with E-state index in [1.165, 1.54) is 12.8 Å². The second-order valence-corrected chi connectivity index (χ2v) is 8.71. The van der Waals surface area contributed by atoms with E-state index in [0.29, 0.717) is 23.1 Å². The van der Waals surface area contributed by atoms with Gasteiger partial charge in [0.2, 0.25) is 0 Å². The maximum Gasteiger partial charge on any atom is 0.318 e. The lowest BCUT2D eigenvalue weighted by Gasteiger charge is -2.34. The number of nitrogens with zero attached hydrogens (tertiary/aromatic N) is 4. The molecule has 2 saturated heterocycles. The molecule has 156 valence electrons. The van der Waals surface area contributed by atoms with Gasteiger partial charge in [0.05, 0.1) is 23.7 Å². The predicted octanol–water partition coefficient (Wildman–Crippen LogP) is 4.45. The van der Waals surface area contributed by atoms with Gasteiger partial charge in [-0.1, -0.05) is 41.9 Å². The molecule has 0 saturated carbocycles. The first-order valence-corrected chi connectivity index (χ1v) is 11.0. The molecule has 2 bridgehead atoms. The van der Waals surface area contributed by atoms with E-state index in [2.05, 4.69) is 33.4 Å². The van der Waals surface area contributed by atoms with Gasteiger partial charge in [-0.2, -0.15) is 9.97 Å². The second-order valence-electron chi connectivity index (χ2n) is 8.31. The Bertz CT molecular complexity index is 1290. The van der Waals surface area contributed by atoms with E-state index in [-0.39, 0.29) is 0 Å². The Morgan fingerprint density at radius 2 is 1.84 bits per heavy atom. The summed E-state index contributed by atoms with van der Waals surface area (Å²) in [6.45, 7) is 1.87. The van der Waals surface area contributed by atoms with Gasteiger partial charge in [0.25, 0.3) is 0 Å². The molecule has 0 spiro atoms. The van der Waals surface area contributed by atoms with Crippen LogP contribution in [0.2, 0.25) is 5.02 Å². The highest BCUT2D eigenvalue weighted by Crippen LogP contribution is 2.36. The summed E-state index contributed by atoms with van der Waals surface area (Å²) in [5, 5.41) is 7.42. The van der Waals surface area contributed by atoms with Gasteiger partial charge in [0.15, 0.2) is 0 Å². The van der Waals surface area contributed by atoms with E-state index >= 15 is 0 Å². The molecule has 2 unspecified atom stereocenters. The van der Waals surface area contributed by atoms with Gasteiger partial charge >= 0.3 is 6.01 Å². The molecule has 4 aromatic rings. The van der Waals surface area contributed by atoms with E-state index in [4.69, 9.17) is 26.3 Å². The monoisotopic (exact) mass is 431 g/mol. The van der Waals surface area contributed by atoms with E-state index in [1.54, 1.807) is 7.11 Å². The number of nitrogens with one attached hydrogen (secondary N) is 1. The fourth-order valence-electron chi connectivity index (χ4n) is 4.95. The zero-order valence-corrected chi connectivity index (χ0v) is 17.9. The average molecular weight is 432 g/mol. The van der Waals surface area contributed by atoms with E-state index in [0.717, 1.165) is 51.8 Å². The summed E-state index contributed by atoms with van der Waals surface area (Å²) in [4.78, 5) is 16.5. The van der Waals surface area contributed by atoms with Gasteiger partial charge in [-0.25, -0.2) is 0 Å². The first kappa shape index (κ1) is 18.8. The molecular formula is C24H22ClN5O. The van der Waals surface area contributed by atoms with E-state index < -0.39 is 0 Å². The highest BCUT2D eigenvalue weighted by Gasteiger charge is 2.33. The van der Waals surface area contributed by atoms with Crippen LogP contribution in [-0.4, -0.2) is 47.2 Å². The summed E-state index contributed by atoms with van der Waals surface area (Å²) >= 11 is 6.55. The van der Waals surface area contributed by atoms with Crippen LogP contribution in [0.1, 0.15) is 12.8 Å². The van der Waals surface area contributed by atoms with Crippen molar-refractivity contribution in [1.29, 1.82) is 0 Å². The zero-order valence-electron chi connectivity index (χ0n) is 17.2. The number of benzene rings is 2. The fraction of sp³-hybridized carbons (Fsp3) is 0.292. The van der Waals surface area contributed by atoms with Gasteiger partial charge in [-0.05, 0) is 30.4 Å². The fourth-order valence-corrected chi connectivity index (χ4v) is 5.23. The zero-order chi connectivity index (χ0) is 20.9. The van der Waals surface area contributed by atoms with Crippen molar-refractivity contribution in [3.05, 3.63) is 53.7 Å². The average Bonchev–Trinajstić information content (AvgIpc) is 3.15. The Labute approximate surface area is 185 Å². The van der Waals surface area contributed by atoms with Crippen molar-refractivity contribution in [2.45, 2.75) is 24.9 Å². The number of hydrogen-bond donors (Lipinski definition) is 1. The second kappa shape index (κ2) is 7.32. The number of ether oxygens (including phenoxy) is 1. The Kier molecular flexibility index (Phi) is 4.44. The molecule has 31 heavy (non-hydrogen) atoms. The molecule has 6 nitrogen and oxygen atoms in total. The highest BCUT2D eigenvalue weighted by atomic mass is 35.5. The van der Waals surface area contributed by atoms with Crippen LogP contribution < -0.4 is 15.0 Å². The van der Waals surface area contributed by atoms with Crippen LogP contribution in [0.4, 0.5) is 5.82 Å². The van der Waals surface area contributed by atoms with E-state index in [1.807, 2.05) is 30.5 Å². The van der Waals surface area contributed by atoms with Crippen molar-refractivity contribution in [2.24, 2.45) is 0 Å². The molecule has 0 radical (unpaired) electrons. The smallest absolute Gasteiger partial charge is 0.318 e. The SMILES string of the molecule is COc1nc(N2CC3CCC(C2)N3)c2cnc(-c3cccc4cccc(Cl)c34)cc2n1. The molecular weight excluding hydrogens is 410 g/mol. The normalized spacial score (nSPS) is 20.5. The third-order valence-electron chi connectivity index (χ3n) is 6.37. The van der Waals surface area contributed by atoms with Gasteiger partial charge in [0, 0.05) is 47.3 Å². The quantitative estimate of drug-likeness (QED) is 0.517. The molecule has 2 aromatic carbocycles. The van der Waals surface area contributed by atoms with Crippen molar-refractivity contribution >= 4 is 39.1 Å². The number of fused-ring (bicyclic) bond motifs is 4. The lowest BCUT2D eigenvalue weighted by molar-refractivity contribution is 0.380. The topological polar surface area (TPSA) is 63.2 Å². The van der Waals surface area contributed by atoms with Crippen LogP contribution >= 0.6 is 11.6 Å². The summed E-state index contributed by atoms with van der Waals surface area (Å²) < 4.78 is 5.45. The summed E-state index contributed by atoms with van der Waals surface area (Å²) in [7, 11) is 1.61. The molecule has 0 aliphatic carbocycles. The third kappa shape index (κ3) is 3.18. The molecule has 6 rings (SSSR count). The Hall–Kier alpha value is -2.96. The van der Waals surface area contributed by atoms with Crippen LogP contribution in [0, 0.1) is 0 Å². The molecule has 2 fully saturated rings. The number of rotatable bonds is 3. The number of halogens is 1. The number of aromatic nitrogens is 3. The lowest BCUT2D eigenvalue weighted by atomic mass is 10.0. The molecule has 7 heteroatoms. The Morgan fingerprint density at radius 1 is 1.06 bits per heavy atom. The maximum atomic E-state index is 6.55. The Morgan fingerprint density at radius 3 is 2.61 bits per heavy atom. The lowest BCUT2D eigenvalue weighted by Crippen LogP contribution is -2.51. The number of pyridine rings is 1. The van der Waals surface area contributed by atoms with Crippen LogP contribution in [0.15, 0.2) is 48.7 Å². The molecule has 1 N–H and O–H groups in total. The van der Waals surface area contributed by atoms with Crippen LogP contribution in [0.5, 0.6) is 6.01 Å². The van der Waals surface area contributed by atoms with Crippen LogP contribution in [0.3, 0.4) is 0 Å². The summed E-state index contributed by atoms with van der Waals surface area (Å²) in [6, 6.07) is 15.5. The minimum atomic E-state index is 0.376. The van der Waals surface area contributed by atoms with Crippen LogP contribution in [0.25, 0.3) is 32.9 Å². The molecule has 2 aliphatic heterocycles. The summed E-state index contributed by atoms with van der Waals surface area (Å²) in [5.41, 5.74) is 2.64. The van der Waals surface area contributed by atoms with Gasteiger partial charge in [0.1, 0.15) is 5.82 Å². The number of piperazine rings is 1. The number of anilines is 1. The minimum Gasteiger partial charge on any atom is -0.467 e. The molecule has 0 amide bonds. The van der Waals surface area contributed by atoms with Crippen molar-refractivity contribution < 1.29 is 4.74 Å². The Balaban J connectivity index is 1.51. The molecule has 2 atom stereocenters. The largest absolute Gasteiger partial charge is 0.467 e. The summed E-state index contributed by atoms with van der Waals surface area (Å²) in [6.07, 6.45) is 4.32. The van der Waals surface area contributed by atoms with Crippen LogP contribution in [-0.2, 0) is 0 Å². The molecule has 2 aromatic heterocycles. The van der Waals surface area contributed by atoms with Crippen molar-refractivity contribution in [2.75, 3.05) is 25.1 Å². The van der Waals surface area contributed by atoms with Gasteiger partial charge < -0.3 is 15.0 Å². The molecule has 2 aliphatic rings. The maximum absolute atomic E-state index is 6.55. The van der Waals surface area contributed by atoms with Gasteiger partial charge in [-0.15, -0.1) is 0 Å². The van der Waals surface area contributed by atoms with Crippen molar-refractivity contribution in [3.8, 4) is 17.3 Å². The first-order chi connectivity index (χ1) is 15.2. The van der Waals surface area contributed by atoms with Crippen molar-refractivity contribution in [1.82, 2.24) is 20.3 Å². The summed E-state index contributed by atoms with van der Waals surface area (Å²) in [5.74, 6) is 0.898. The number of methoxy groups -OCH3 is 1. The number of hydrogen-bond acceptors (Lipinski definition) is 6. The van der Waals surface area contributed by atoms with Gasteiger partial charge in [-0.3, -0.25) is 4.98 Å². The van der Waals surface area contributed by atoms with E-state index in [9.17, 15) is 0 Å². The third-order valence-corrected chi connectivity index (χ3v) is 6.68. The highest BCUT2D eigenvalue weighted by molar-refractivity contribution is 6.36. The molecule has 4 heterocycles. The standard InChI is InChI=1S/C24H22ClN5O/c1-31-24-28-21-10-20(17-6-2-4-14-5-3-7-19(25)22(14)17)26-11-18(21)23(29-24)30-12-15-8-9-16(13-30)27-15/h2-7,10-11,15-16,27H,8-9,12-13H2,1H3. The predicted molar refractivity (Wildman–Crippen MR) is 124 cm³/mol.